The van der Waals surface area contributed by atoms with Crippen molar-refractivity contribution >= 4 is 24.2 Å². The van der Waals surface area contributed by atoms with Crippen LogP contribution < -0.4 is 0 Å². The molecule has 0 rings (SSSR count). The van der Waals surface area contributed by atoms with Gasteiger partial charge in [-0.15, -0.1) is 0 Å². The zero-order valence-electron chi connectivity index (χ0n) is 26.2. The van der Waals surface area contributed by atoms with Crippen LogP contribution in [0, 0.1) is 0 Å². The van der Waals surface area contributed by atoms with E-state index in [0.29, 0.717) is 19.2 Å². The van der Waals surface area contributed by atoms with E-state index >= 15 is 0 Å². The highest BCUT2D eigenvalue weighted by Crippen LogP contribution is 2.53. The highest BCUT2D eigenvalue weighted by Gasteiger charge is 2.36. The van der Waals surface area contributed by atoms with Gasteiger partial charge in [0, 0.05) is 13.7 Å². The van der Waals surface area contributed by atoms with Crippen LogP contribution in [0.25, 0.3) is 0 Å². The molecule has 224 valence electrons. The minimum atomic E-state index is -3.12. The van der Waals surface area contributed by atoms with E-state index in [9.17, 15) is 4.57 Å². The van der Waals surface area contributed by atoms with Gasteiger partial charge >= 0.3 is 7.60 Å². The topological polar surface area (TPSA) is 54.0 Å². The lowest BCUT2D eigenvalue weighted by atomic mass is 10.0. The molecule has 0 aliphatic rings. The predicted octanol–water partition coefficient (Wildman–Crippen LogP) is 10.6. The molecule has 8 heteroatoms. The third kappa shape index (κ3) is 26.5. The van der Waals surface area contributed by atoms with E-state index in [1.54, 1.807) is 7.11 Å². The Bertz CT molecular complexity index is 543. The Morgan fingerprint density at radius 3 is 1.35 bits per heavy atom. The molecule has 0 aliphatic heterocycles. The van der Waals surface area contributed by atoms with Gasteiger partial charge in [0.2, 0.25) is 0 Å². The normalized spacial score (nSPS) is 13.8. The van der Waals surface area contributed by atoms with Crippen LogP contribution in [0.1, 0.15) is 116 Å². The molecule has 0 aromatic rings. The third-order valence-electron chi connectivity index (χ3n) is 6.33. The number of rotatable bonds is 27. The minimum absolute atomic E-state index is 0.0788. The fraction of sp³-hybridized carbons (Fsp3) is 1.00. The molecule has 0 amide bonds. The summed E-state index contributed by atoms with van der Waals surface area (Å²) in [5.74, 6) is 0. The van der Waals surface area contributed by atoms with E-state index < -0.39 is 24.2 Å². The summed E-state index contributed by atoms with van der Waals surface area (Å²) in [6.45, 7) is 15.9. The maximum Gasteiger partial charge on any atom is 0.311 e. The first kappa shape index (κ1) is 37.5. The lowest BCUT2D eigenvalue weighted by molar-refractivity contribution is 0.00580. The first-order chi connectivity index (χ1) is 17.4. The van der Waals surface area contributed by atoms with E-state index in [1.807, 2.05) is 0 Å². The zero-order valence-corrected chi connectivity index (χ0v) is 29.1. The quantitative estimate of drug-likeness (QED) is 0.0549. The highest BCUT2D eigenvalue weighted by atomic mass is 31.2. The molecule has 37 heavy (non-hydrogen) atoms. The second kappa shape index (κ2) is 22.2. The summed E-state index contributed by atoms with van der Waals surface area (Å²) in [5.41, 5.74) is 0. The largest absolute Gasteiger partial charge is 0.379 e. The third-order valence-corrected chi connectivity index (χ3v) is 13.7. The van der Waals surface area contributed by atoms with Crippen LogP contribution in [0.2, 0.25) is 39.3 Å². The molecule has 0 unspecified atom stereocenters. The van der Waals surface area contributed by atoms with Gasteiger partial charge in [-0.25, -0.2) is 0 Å². The van der Waals surface area contributed by atoms with E-state index in [-0.39, 0.29) is 6.10 Å². The van der Waals surface area contributed by atoms with Crippen LogP contribution in [0.3, 0.4) is 0 Å². The van der Waals surface area contributed by atoms with Crippen LogP contribution in [-0.4, -0.2) is 49.2 Å². The smallest absolute Gasteiger partial charge is 0.311 e. The molecule has 5 nitrogen and oxygen atoms in total. The summed E-state index contributed by atoms with van der Waals surface area (Å²) in [6.07, 6.45) is 22.9. The molecular weight excluding hydrogens is 515 g/mol. The van der Waals surface area contributed by atoms with Crippen LogP contribution in [0.15, 0.2) is 0 Å². The van der Waals surface area contributed by atoms with Crippen LogP contribution in [-0.2, 0) is 22.5 Å². The van der Waals surface area contributed by atoms with Gasteiger partial charge in [0.1, 0.15) is 0 Å². The van der Waals surface area contributed by atoms with Crippen molar-refractivity contribution < 1.29 is 22.5 Å². The van der Waals surface area contributed by atoms with E-state index in [2.05, 4.69) is 46.2 Å². The van der Waals surface area contributed by atoms with Crippen LogP contribution in [0.5, 0.6) is 0 Å². The standard InChI is InChI=1S/C29H65O5PSi2/c1-9-10-11-12-13-14-15-16-17-18-19-20-21-22-23-24-26-32-28-29(31-2)25-27-35(30,33-36(3,4)5)34-37(6,7)8/h29H,9-28H2,1-8H3/t29-/m0/s1. The maximum absolute atomic E-state index is 13.4. The number of unbranched alkanes of at least 4 members (excludes halogenated alkanes) is 15. The molecule has 0 fully saturated rings. The highest BCUT2D eigenvalue weighted by molar-refractivity contribution is 7.57. The Hall–Kier alpha value is 0.504. The summed E-state index contributed by atoms with van der Waals surface area (Å²) in [7, 11) is -5.38. The summed E-state index contributed by atoms with van der Waals surface area (Å²) in [6, 6.07) is 0. The summed E-state index contributed by atoms with van der Waals surface area (Å²) in [4.78, 5) is 0. The van der Waals surface area contributed by atoms with E-state index in [0.717, 1.165) is 13.0 Å². The van der Waals surface area contributed by atoms with Crippen molar-refractivity contribution in [3.63, 3.8) is 0 Å². The molecule has 0 aromatic carbocycles. The lowest BCUT2D eigenvalue weighted by Crippen LogP contribution is -2.31. The van der Waals surface area contributed by atoms with Gasteiger partial charge in [0.05, 0.1) is 18.9 Å². The van der Waals surface area contributed by atoms with Gasteiger partial charge in [-0.1, -0.05) is 103 Å². The Balaban J connectivity index is 3.78. The van der Waals surface area contributed by atoms with E-state index in [1.165, 1.54) is 96.3 Å². The number of ether oxygens (including phenoxy) is 2. The van der Waals surface area contributed by atoms with Crippen molar-refractivity contribution in [2.24, 2.45) is 0 Å². The fourth-order valence-corrected chi connectivity index (χ4v) is 13.0. The first-order valence-corrected chi connectivity index (χ1v) is 24.1. The number of hydrogen-bond donors (Lipinski definition) is 0. The Kier molecular flexibility index (Phi) is 22.5. The first-order valence-electron chi connectivity index (χ1n) is 15.5. The molecule has 0 radical (unpaired) electrons. The lowest BCUT2D eigenvalue weighted by Gasteiger charge is -2.31. The van der Waals surface area contributed by atoms with Gasteiger partial charge in [-0.2, -0.15) is 0 Å². The second-order valence-corrected chi connectivity index (χ2v) is 24.3. The average Bonchev–Trinajstić information content (AvgIpc) is 2.77. The summed E-state index contributed by atoms with van der Waals surface area (Å²) >= 11 is 0. The Labute approximate surface area is 234 Å². The maximum atomic E-state index is 13.4. The predicted molar refractivity (Wildman–Crippen MR) is 167 cm³/mol. The Morgan fingerprint density at radius 1 is 0.622 bits per heavy atom. The van der Waals surface area contributed by atoms with Crippen molar-refractivity contribution in [2.75, 3.05) is 26.5 Å². The van der Waals surface area contributed by atoms with Crippen molar-refractivity contribution in [3.05, 3.63) is 0 Å². The van der Waals surface area contributed by atoms with Gasteiger partial charge < -0.3 is 17.9 Å². The zero-order chi connectivity index (χ0) is 28.0. The van der Waals surface area contributed by atoms with Crippen molar-refractivity contribution in [2.45, 2.75) is 161 Å². The SMILES string of the molecule is CCCCCCCCCCCCCCCCCCOC[C@H](CCP(=O)(O[Si](C)(C)C)O[Si](C)(C)C)OC. The molecule has 0 saturated carbocycles. The fourth-order valence-electron chi connectivity index (χ4n) is 4.48. The number of methoxy groups -OCH3 is 1. The molecular formula is C29H65O5PSi2. The van der Waals surface area contributed by atoms with Gasteiger partial charge in [-0.05, 0) is 52.1 Å². The minimum Gasteiger partial charge on any atom is -0.379 e. The van der Waals surface area contributed by atoms with Crippen molar-refractivity contribution in [1.29, 1.82) is 0 Å². The molecule has 0 aliphatic carbocycles. The Morgan fingerprint density at radius 2 is 1.00 bits per heavy atom. The van der Waals surface area contributed by atoms with Crippen LogP contribution >= 0.6 is 7.60 Å². The molecule has 0 N–H and O–H groups in total. The molecule has 0 saturated heterocycles. The molecule has 0 bridgehead atoms. The average molecular weight is 581 g/mol. The monoisotopic (exact) mass is 580 g/mol. The van der Waals surface area contributed by atoms with Gasteiger partial charge in [-0.3, -0.25) is 4.57 Å². The van der Waals surface area contributed by atoms with Crippen molar-refractivity contribution in [3.8, 4) is 0 Å². The van der Waals surface area contributed by atoms with Gasteiger partial charge in [0.25, 0.3) is 0 Å². The summed E-state index contributed by atoms with van der Waals surface area (Å²) < 4.78 is 37.0. The van der Waals surface area contributed by atoms with Crippen molar-refractivity contribution in [1.82, 2.24) is 0 Å². The van der Waals surface area contributed by atoms with E-state index in [4.69, 9.17) is 17.9 Å². The molecule has 1 atom stereocenters. The second-order valence-electron chi connectivity index (χ2n) is 12.8. The van der Waals surface area contributed by atoms with Gasteiger partial charge in [0.15, 0.2) is 16.6 Å². The molecule has 0 heterocycles. The number of hydrogen-bond acceptors (Lipinski definition) is 5. The summed E-state index contributed by atoms with van der Waals surface area (Å²) in [5, 5.41) is 0. The van der Waals surface area contributed by atoms with Crippen LogP contribution in [0.4, 0.5) is 0 Å². The molecule has 0 spiro atoms. The molecule has 0 aromatic heterocycles.